The minimum Gasteiger partial charge on any atom is -0.415 e. The lowest BCUT2D eigenvalue weighted by Crippen LogP contribution is -2.54. The molecule has 1 aromatic rings. The molecule has 0 fully saturated rings. The highest BCUT2D eigenvalue weighted by atomic mass is 35.5. The lowest BCUT2D eigenvalue weighted by molar-refractivity contribution is 0.0833. The van der Waals surface area contributed by atoms with Gasteiger partial charge in [0, 0.05) is 11.4 Å². The molecule has 0 saturated carbocycles. The summed E-state index contributed by atoms with van der Waals surface area (Å²) in [4.78, 5) is 13.1. The van der Waals surface area contributed by atoms with Crippen LogP contribution in [0.2, 0.25) is 36.3 Å². The number of allylic oxidation sites excluding steroid dienone is 1. The van der Waals surface area contributed by atoms with E-state index in [1.807, 2.05) is 42.5 Å². The van der Waals surface area contributed by atoms with Gasteiger partial charge in [-0.3, -0.25) is 4.79 Å². The molecule has 0 saturated heterocycles. The van der Waals surface area contributed by atoms with E-state index in [1.54, 1.807) is 0 Å². The van der Waals surface area contributed by atoms with Gasteiger partial charge < -0.3 is 14.2 Å². The highest BCUT2D eigenvalue weighted by molar-refractivity contribution is 6.74. The van der Waals surface area contributed by atoms with Gasteiger partial charge in [0.15, 0.2) is 16.6 Å². The first-order valence-electron chi connectivity index (χ1n) is 11.4. The summed E-state index contributed by atoms with van der Waals surface area (Å²) in [5, 5.41) is 3.31. The lowest BCUT2D eigenvalue weighted by atomic mass is 10.1. The SMILES string of the molecule is CC(C)(C)[Si](C)(C)OC[C@@H](NC(=O)c1ccccc1)[C@H](/C=C/CCl)O[Si](C)(C)C(C)(C)C. The molecule has 1 aromatic carbocycles. The Morgan fingerprint density at radius 2 is 1.53 bits per heavy atom. The number of benzene rings is 1. The van der Waals surface area contributed by atoms with Crippen LogP contribution in [0.1, 0.15) is 51.9 Å². The van der Waals surface area contributed by atoms with Crippen LogP contribution in [0.4, 0.5) is 0 Å². The smallest absolute Gasteiger partial charge is 0.251 e. The zero-order chi connectivity index (χ0) is 24.8. The summed E-state index contributed by atoms with van der Waals surface area (Å²) in [6.45, 7) is 22.6. The molecule has 4 nitrogen and oxygen atoms in total. The van der Waals surface area contributed by atoms with Crippen molar-refractivity contribution in [3.05, 3.63) is 48.0 Å². The molecule has 0 aliphatic carbocycles. The Bertz CT molecular complexity index is 753. The van der Waals surface area contributed by atoms with Crippen molar-refractivity contribution in [3.8, 4) is 0 Å². The predicted octanol–water partition coefficient (Wildman–Crippen LogP) is 6.99. The topological polar surface area (TPSA) is 47.6 Å². The van der Waals surface area contributed by atoms with Crippen molar-refractivity contribution < 1.29 is 13.6 Å². The molecule has 182 valence electrons. The molecule has 0 radical (unpaired) electrons. The normalized spacial score (nSPS) is 15.6. The second kappa shape index (κ2) is 11.5. The van der Waals surface area contributed by atoms with E-state index in [0.717, 1.165) is 0 Å². The molecule has 0 aromatic heterocycles. The summed E-state index contributed by atoms with van der Waals surface area (Å²) < 4.78 is 13.3. The minimum absolute atomic E-state index is 0.0360. The molecule has 0 unspecified atom stereocenters. The fraction of sp³-hybridized carbons (Fsp3) is 0.640. The van der Waals surface area contributed by atoms with Gasteiger partial charge in [0.25, 0.3) is 5.91 Å². The van der Waals surface area contributed by atoms with Crippen LogP contribution in [0.15, 0.2) is 42.5 Å². The van der Waals surface area contributed by atoms with Gasteiger partial charge in [0.05, 0.1) is 18.8 Å². The molecule has 0 bridgehead atoms. The fourth-order valence-corrected chi connectivity index (χ4v) is 4.94. The minimum atomic E-state index is -2.11. The Balaban J connectivity index is 3.27. The number of nitrogens with one attached hydrogen (secondary N) is 1. The van der Waals surface area contributed by atoms with Gasteiger partial charge in [-0.15, -0.1) is 11.6 Å². The molecule has 0 spiro atoms. The molecule has 0 aliphatic heterocycles. The van der Waals surface area contributed by atoms with Gasteiger partial charge >= 0.3 is 0 Å². The van der Waals surface area contributed by atoms with E-state index in [-0.39, 0.29) is 28.1 Å². The zero-order valence-corrected chi connectivity index (χ0v) is 24.5. The Kier molecular flexibility index (Phi) is 10.4. The largest absolute Gasteiger partial charge is 0.415 e. The molecular weight excluding hydrogens is 454 g/mol. The van der Waals surface area contributed by atoms with Gasteiger partial charge in [0.1, 0.15) is 0 Å². The summed E-state index contributed by atoms with van der Waals surface area (Å²) >= 11 is 5.98. The third-order valence-electron chi connectivity index (χ3n) is 6.83. The number of carbonyl (C=O) groups is 1. The highest BCUT2D eigenvalue weighted by Crippen LogP contribution is 2.39. The van der Waals surface area contributed by atoms with Gasteiger partial charge in [-0.2, -0.15) is 0 Å². The van der Waals surface area contributed by atoms with Crippen LogP contribution in [0.25, 0.3) is 0 Å². The van der Waals surface area contributed by atoms with Crippen molar-refractivity contribution in [3.63, 3.8) is 0 Å². The summed E-state index contributed by atoms with van der Waals surface area (Å²) in [7, 11) is -4.13. The average molecular weight is 498 g/mol. The van der Waals surface area contributed by atoms with Crippen LogP contribution >= 0.6 is 11.6 Å². The van der Waals surface area contributed by atoms with E-state index in [0.29, 0.717) is 18.1 Å². The average Bonchev–Trinajstić information content (AvgIpc) is 2.67. The standard InChI is InChI=1S/C25H44ClNO3Si2/c1-24(2,3)31(7,8)29-19-21(27-23(28)20-15-12-11-13-16-20)22(17-14-18-26)30-32(9,10)25(4,5)6/h11-17,21-22H,18-19H2,1-10H3,(H,27,28)/b17-14+/t21-,22+/m1/s1. The maximum absolute atomic E-state index is 13.1. The van der Waals surface area contributed by atoms with Crippen molar-refractivity contribution in [1.29, 1.82) is 0 Å². The van der Waals surface area contributed by atoms with E-state index in [4.69, 9.17) is 20.5 Å². The summed E-state index contributed by atoms with van der Waals surface area (Å²) in [5.74, 6) is 0.261. The maximum Gasteiger partial charge on any atom is 0.251 e. The van der Waals surface area contributed by atoms with Crippen LogP contribution in [0.5, 0.6) is 0 Å². The van der Waals surface area contributed by atoms with E-state index in [1.165, 1.54) is 0 Å². The molecule has 0 heterocycles. The van der Waals surface area contributed by atoms with Crippen LogP contribution in [-0.4, -0.2) is 47.2 Å². The van der Waals surface area contributed by atoms with Crippen LogP contribution in [0, 0.1) is 0 Å². The fourth-order valence-electron chi connectivity index (χ4n) is 2.53. The van der Waals surface area contributed by atoms with Crippen molar-refractivity contribution in [2.75, 3.05) is 12.5 Å². The van der Waals surface area contributed by atoms with Gasteiger partial charge in [-0.25, -0.2) is 0 Å². The number of halogens is 1. The number of rotatable bonds is 10. The molecule has 1 N–H and O–H groups in total. The number of carbonyl (C=O) groups excluding carboxylic acids is 1. The van der Waals surface area contributed by atoms with Gasteiger partial charge in [-0.1, -0.05) is 71.9 Å². The van der Waals surface area contributed by atoms with Crippen LogP contribution < -0.4 is 5.32 Å². The Morgan fingerprint density at radius 1 is 1.00 bits per heavy atom. The number of alkyl halides is 1. The Morgan fingerprint density at radius 3 is 2.00 bits per heavy atom. The van der Waals surface area contributed by atoms with E-state index in [9.17, 15) is 4.79 Å². The third kappa shape index (κ3) is 8.45. The number of amides is 1. The Hall–Kier alpha value is -0.926. The molecule has 32 heavy (non-hydrogen) atoms. The van der Waals surface area contributed by atoms with Crippen LogP contribution in [-0.2, 0) is 8.85 Å². The predicted molar refractivity (Wildman–Crippen MR) is 143 cm³/mol. The van der Waals surface area contributed by atoms with Gasteiger partial charge in [-0.05, 0) is 48.4 Å². The van der Waals surface area contributed by atoms with E-state index >= 15 is 0 Å². The molecular formula is C25H44ClNO3Si2. The van der Waals surface area contributed by atoms with Crippen molar-refractivity contribution >= 4 is 34.1 Å². The second-order valence-electron chi connectivity index (χ2n) is 11.4. The quantitative estimate of drug-likeness (QED) is 0.215. The molecule has 7 heteroatoms. The summed E-state index contributed by atoms with van der Waals surface area (Å²) in [6.07, 6.45) is 3.55. The highest BCUT2D eigenvalue weighted by Gasteiger charge is 2.42. The van der Waals surface area contributed by atoms with Crippen LogP contribution in [0.3, 0.4) is 0 Å². The monoisotopic (exact) mass is 497 g/mol. The number of hydrogen-bond donors (Lipinski definition) is 1. The second-order valence-corrected chi connectivity index (χ2v) is 21.3. The van der Waals surface area contributed by atoms with Crippen molar-refractivity contribution in [2.45, 2.75) is 90.0 Å². The molecule has 1 amide bonds. The first-order valence-corrected chi connectivity index (χ1v) is 17.8. The lowest BCUT2D eigenvalue weighted by Gasteiger charge is -2.42. The van der Waals surface area contributed by atoms with Gasteiger partial charge in [0.2, 0.25) is 0 Å². The van der Waals surface area contributed by atoms with Crippen molar-refractivity contribution in [1.82, 2.24) is 5.32 Å². The van der Waals surface area contributed by atoms with Crippen molar-refractivity contribution in [2.24, 2.45) is 0 Å². The Labute approximate surface area is 203 Å². The zero-order valence-electron chi connectivity index (χ0n) is 21.7. The summed E-state index contributed by atoms with van der Waals surface area (Å²) in [6, 6.07) is 8.95. The number of hydrogen-bond acceptors (Lipinski definition) is 3. The first kappa shape index (κ1) is 29.1. The summed E-state index contributed by atoms with van der Waals surface area (Å²) in [5.41, 5.74) is 0.622. The first-order chi connectivity index (χ1) is 14.5. The molecule has 1 rings (SSSR count). The third-order valence-corrected chi connectivity index (χ3v) is 16.0. The van der Waals surface area contributed by atoms with E-state index < -0.39 is 16.6 Å². The maximum atomic E-state index is 13.1. The molecule has 0 aliphatic rings. The molecule has 2 atom stereocenters. The van der Waals surface area contributed by atoms with E-state index in [2.05, 4.69) is 73.0 Å².